The van der Waals surface area contributed by atoms with Crippen molar-refractivity contribution in [2.45, 2.75) is 64.2 Å². The number of hydrogen-bond acceptors (Lipinski definition) is 2. The fourth-order valence-electron chi connectivity index (χ4n) is 3.25. The summed E-state index contributed by atoms with van der Waals surface area (Å²) in [6.45, 7) is 5.67. The average molecular weight is 419 g/mol. The van der Waals surface area contributed by atoms with E-state index in [1.54, 1.807) is 0 Å². The van der Waals surface area contributed by atoms with E-state index in [1.807, 2.05) is 0 Å². The van der Waals surface area contributed by atoms with E-state index in [-0.39, 0.29) is 25.7 Å². The lowest BCUT2D eigenvalue weighted by Gasteiger charge is -2.41. The van der Waals surface area contributed by atoms with E-state index in [0.717, 1.165) is 7.28 Å². The summed E-state index contributed by atoms with van der Waals surface area (Å²) in [5.74, 6) is -10.6. The summed E-state index contributed by atoms with van der Waals surface area (Å²) in [6, 6.07) is 0. The summed E-state index contributed by atoms with van der Waals surface area (Å²) in [7, 11) is -4.99. The van der Waals surface area contributed by atoms with Crippen LogP contribution in [0.5, 0.6) is 0 Å². The van der Waals surface area contributed by atoms with Crippen LogP contribution >= 0.6 is 7.99 Å². The van der Waals surface area contributed by atoms with Gasteiger partial charge in [-0.3, -0.25) is 4.52 Å². The number of rotatable bonds is 9. The van der Waals surface area contributed by atoms with Gasteiger partial charge in [-0.15, -0.1) is 8.39 Å². The molecule has 27 heavy (non-hydrogen) atoms. The second kappa shape index (κ2) is 8.56. The molecule has 1 aromatic carbocycles. The lowest BCUT2D eigenvalue weighted by atomic mass is 9.38. The highest BCUT2D eigenvalue weighted by Gasteiger charge is 2.48. The first-order valence-electron chi connectivity index (χ1n) is 8.42. The molecule has 0 heterocycles. The first-order valence-corrected chi connectivity index (χ1v) is 9.83. The summed E-state index contributed by atoms with van der Waals surface area (Å²) in [5, 5.41) is -1.81. The van der Waals surface area contributed by atoms with Crippen LogP contribution in [-0.4, -0.2) is 12.8 Å². The Morgan fingerprint density at radius 2 is 1.15 bits per heavy atom. The highest BCUT2D eigenvalue weighted by atomic mass is 31.2. The predicted molar refractivity (Wildman–Crippen MR) is 88.5 cm³/mol. The van der Waals surface area contributed by atoms with E-state index in [9.17, 15) is 34.9 Å². The van der Waals surface area contributed by atoms with Gasteiger partial charge in [0.05, 0.1) is 0 Å². The molecular weight excluding hydrogens is 399 g/mol. The van der Waals surface area contributed by atoms with Crippen molar-refractivity contribution in [3.05, 3.63) is 34.6 Å². The van der Waals surface area contributed by atoms with Crippen LogP contribution in [0.2, 0.25) is 0 Å². The Bertz CT molecular complexity index is 701. The van der Waals surface area contributed by atoms with E-state index in [2.05, 4.69) is 4.52 Å². The summed E-state index contributed by atoms with van der Waals surface area (Å²) >= 11 is 0. The van der Waals surface area contributed by atoms with E-state index >= 15 is 0 Å². The third-order valence-electron chi connectivity index (χ3n) is 4.99. The molecule has 0 N–H and O–H groups in total. The largest absolute Gasteiger partial charge is 0.551 e. The molecule has 0 unspecified atom stereocenters. The molecule has 0 aliphatic rings. The van der Waals surface area contributed by atoms with E-state index in [4.69, 9.17) is 0 Å². The number of benzene rings is 1. The molecule has 11 heteroatoms. The third kappa shape index (κ3) is 4.70. The molecular formula is C16H20BF7O2P. The zero-order valence-corrected chi connectivity index (χ0v) is 16.2. The smallest absolute Gasteiger partial charge is 0.283 e. The SMILES string of the molecule is CCC([B]C(CC)(CC)c1c(F)c(F)c(F)c(F)c1F)(CC)OP(=O)(F)F. The molecule has 153 valence electrons. The Labute approximate surface area is 154 Å². The zero-order chi connectivity index (χ0) is 21.2. The first kappa shape index (κ1) is 24.0. The Morgan fingerprint density at radius 1 is 0.778 bits per heavy atom. The van der Waals surface area contributed by atoms with Gasteiger partial charge in [0.2, 0.25) is 5.82 Å². The van der Waals surface area contributed by atoms with Crippen molar-refractivity contribution in [1.82, 2.24) is 0 Å². The summed E-state index contributed by atoms with van der Waals surface area (Å²) in [4.78, 5) is 0. The van der Waals surface area contributed by atoms with Crippen LogP contribution in [0, 0.1) is 29.1 Å². The molecule has 0 amide bonds. The van der Waals surface area contributed by atoms with Gasteiger partial charge in [-0.05, 0) is 18.2 Å². The zero-order valence-electron chi connectivity index (χ0n) is 15.3. The molecule has 1 aromatic rings. The molecule has 2 nitrogen and oxygen atoms in total. The summed E-state index contributed by atoms with van der Waals surface area (Å²) in [5.41, 5.74) is -3.00. The fraction of sp³-hybridized carbons (Fsp3) is 0.625. The van der Waals surface area contributed by atoms with Crippen LogP contribution in [0.3, 0.4) is 0 Å². The second-order valence-electron chi connectivity index (χ2n) is 6.23. The molecule has 0 saturated heterocycles. The number of hydrogen-bond donors (Lipinski definition) is 0. The molecule has 0 saturated carbocycles. The Kier molecular flexibility index (Phi) is 7.61. The van der Waals surface area contributed by atoms with Crippen molar-refractivity contribution in [3.8, 4) is 0 Å². The van der Waals surface area contributed by atoms with Gasteiger partial charge in [0.1, 0.15) is 0 Å². The van der Waals surface area contributed by atoms with E-state index in [0.29, 0.717) is 0 Å². The van der Waals surface area contributed by atoms with Crippen molar-refractivity contribution in [2.24, 2.45) is 0 Å². The van der Waals surface area contributed by atoms with Crippen LogP contribution < -0.4 is 0 Å². The molecule has 0 aliphatic carbocycles. The molecule has 0 aromatic heterocycles. The highest BCUT2D eigenvalue weighted by molar-refractivity contribution is 7.47. The lowest BCUT2D eigenvalue weighted by Crippen LogP contribution is -2.50. The maximum atomic E-state index is 14.4. The Balaban J connectivity index is 3.71. The van der Waals surface area contributed by atoms with Crippen molar-refractivity contribution < 1.29 is 39.4 Å². The maximum absolute atomic E-state index is 14.4. The van der Waals surface area contributed by atoms with Gasteiger partial charge in [0, 0.05) is 11.1 Å². The third-order valence-corrected chi connectivity index (χ3v) is 5.57. The van der Waals surface area contributed by atoms with Crippen molar-refractivity contribution >= 4 is 15.3 Å². The standard InChI is InChI=1S/C16H20BF7O2P/c1-5-15(6-2,17-16(7-3,8-4)26-27(23,24)25)9-10(18)12(20)14(22)13(21)11(9)19/h5-8H2,1-4H3. The molecule has 0 spiro atoms. The van der Waals surface area contributed by atoms with Crippen LogP contribution in [0.4, 0.5) is 30.3 Å². The summed E-state index contributed by atoms with van der Waals surface area (Å²) in [6.07, 6.45) is -0.650. The topological polar surface area (TPSA) is 26.3 Å². The van der Waals surface area contributed by atoms with Crippen LogP contribution in [0.25, 0.3) is 0 Å². The van der Waals surface area contributed by atoms with Crippen molar-refractivity contribution in [3.63, 3.8) is 0 Å². The molecule has 0 bridgehead atoms. The summed E-state index contributed by atoms with van der Waals surface area (Å²) < 4.78 is 111. The first-order chi connectivity index (χ1) is 12.3. The van der Waals surface area contributed by atoms with Gasteiger partial charge in [-0.1, -0.05) is 40.5 Å². The lowest BCUT2D eigenvalue weighted by molar-refractivity contribution is 0.114. The molecule has 0 aliphatic heterocycles. The molecule has 1 radical (unpaired) electrons. The maximum Gasteiger partial charge on any atom is 0.551 e. The Hall–Kier alpha value is -1.02. The Morgan fingerprint density at radius 3 is 1.44 bits per heavy atom. The predicted octanol–water partition coefficient (Wildman–Crippen LogP) is 6.68. The van der Waals surface area contributed by atoms with E-state index < -0.39 is 53.5 Å². The van der Waals surface area contributed by atoms with Gasteiger partial charge in [0.25, 0.3) is 0 Å². The van der Waals surface area contributed by atoms with E-state index in [1.165, 1.54) is 27.7 Å². The fourth-order valence-corrected chi connectivity index (χ4v) is 3.98. The van der Waals surface area contributed by atoms with Gasteiger partial charge in [-0.25, -0.2) is 26.5 Å². The minimum Gasteiger partial charge on any atom is -0.283 e. The van der Waals surface area contributed by atoms with Crippen molar-refractivity contribution in [2.75, 3.05) is 0 Å². The number of halogens is 7. The van der Waals surface area contributed by atoms with Crippen molar-refractivity contribution in [1.29, 1.82) is 0 Å². The molecule has 1 rings (SSSR count). The van der Waals surface area contributed by atoms with Gasteiger partial charge in [-0.2, -0.15) is 0 Å². The van der Waals surface area contributed by atoms with Gasteiger partial charge in [0.15, 0.2) is 30.5 Å². The monoisotopic (exact) mass is 419 g/mol. The second-order valence-corrected chi connectivity index (χ2v) is 7.24. The quantitative estimate of drug-likeness (QED) is 0.147. The van der Waals surface area contributed by atoms with Crippen LogP contribution in [0.1, 0.15) is 58.9 Å². The van der Waals surface area contributed by atoms with Gasteiger partial charge < -0.3 is 0 Å². The highest BCUT2D eigenvalue weighted by Crippen LogP contribution is 2.55. The molecule has 0 atom stereocenters. The minimum absolute atomic E-state index is 0.154. The van der Waals surface area contributed by atoms with Crippen LogP contribution in [-0.2, 0) is 14.4 Å². The normalized spacial score (nSPS) is 13.1. The van der Waals surface area contributed by atoms with Crippen LogP contribution in [0.15, 0.2) is 0 Å². The minimum atomic E-state index is -6.00. The van der Waals surface area contributed by atoms with Gasteiger partial charge >= 0.3 is 7.99 Å². The average Bonchev–Trinajstić information content (AvgIpc) is 2.62. The molecule has 0 fully saturated rings.